The topological polar surface area (TPSA) is 33.1 Å². The van der Waals surface area contributed by atoms with E-state index in [9.17, 15) is 5.11 Å². The van der Waals surface area contributed by atoms with E-state index in [0.717, 1.165) is 29.2 Å². The second-order valence-corrected chi connectivity index (χ2v) is 5.71. The van der Waals surface area contributed by atoms with E-state index in [1.165, 1.54) is 12.8 Å². The number of hydrogen-bond acceptors (Lipinski definition) is 2. The lowest BCUT2D eigenvalue weighted by Crippen LogP contribution is -2.22. The normalized spacial score (nSPS) is 20.1. The van der Waals surface area contributed by atoms with Gasteiger partial charge in [0.2, 0.25) is 0 Å². The van der Waals surface area contributed by atoms with E-state index in [1.54, 1.807) is 0 Å². The Balaban J connectivity index is 2.08. The van der Waals surface area contributed by atoms with E-state index in [1.807, 2.05) is 24.5 Å². The molecule has 0 aliphatic heterocycles. The molecule has 0 radical (unpaired) electrons. The molecule has 1 heterocycles. The molecule has 2 aromatic rings. The molecule has 0 amide bonds. The number of fused-ring (bicyclic) bond motifs is 1. The third-order valence-electron chi connectivity index (χ3n) is 4.40. The van der Waals surface area contributed by atoms with Crippen LogP contribution in [0.15, 0.2) is 36.7 Å². The van der Waals surface area contributed by atoms with Crippen LogP contribution in [0.1, 0.15) is 44.3 Å². The van der Waals surface area contributed by atoms with Crippen molar-refractivity contribution < 1.29 is 5.11 Å². The molecule has 0 saturated heterocycles. The smallest absolute Gasteiger partial charge is 0.0864 e. The Morgan fingerprint density at radius 3 is 2.67 bits per heavy atom. The predicted molar refractivity (Wildman–Crippen MR) is 73.3 cm³/mol. The Bertz CT molecular complexity index is 553. The summed E-state index contributed by atoms with van der Waals surface area (Å²) in [6.07, 6.45) is 7.96. The highest BCUT2D eigenvalue weighted by molar-refractivity contribution is 5.85. The molecular weight excluding hydrogens is 222 g/mol. The first-order chi connectivity index (χ1) is 8.71. The van der Waals surface area contributed by atoms with Crippen molar-refractivity contribution in [1.82, 2.24) is 4.98 Å². The summed E-state index contributed by atoms with van der Waals surface area (Å²) in [6.45, 7) is 2.20. The van der Waals surface area contributed by atoms with Crippen molar-refractivity contribution in [3.05, 3.63) is 42.2 Å². The van der Waals surface area contributed by atoms with Gasteiger partial charge in [0.15, 0.2) is 0 Å². The molecule has 1 saturated carbocycles. The fraction of sp³-hybridized carbons (Fsp3) is 0.438. The maximum Gasteiger partial charge on any atom is 0.0864 e. The van der Waals surface area contributed by atoms with Crippen LogP contribution < -0.4 is 0 Å². The minimum Gasteiger partial charge on any atom is -0.388 e. The van der Waals surface area contributed by atoms with E-state index in [-0.39, 0.29) is 5.41 Å². The van der Waals surface area contributed by atoms with Crippen LogP contribution in [-0.2, 0) is 0 Å². The number of aliphatic hydroxyl groups is 1. The van der Waals surface area contributed by atoms with Crippen LogP contribution in [-0.4, -0.2) is 10.1 Å². The summed E-state index contributed by atoms with van der Waals surface area (Å²) in [7, 11) is 0. The molecule has 1 N–H and O–H groups in total. The minimum atomic E-state index is -0.404. The van der Waals surface area contributed by atoms with Crippen molar-refractivity contribution in [2.24, 2.45) is 5.41 Å². The van der Waals surface area contributed by atoms with E-state index in [4.69, 9.17) is 0 Å². The largest absolute Gasteiger partial charge is 0.388 e. The molecule has 1 fully saturated rings. The van der Waals surface area contributed by atoms with Gasteiger partial charge in [0.1, 0.15) is 0 Å². The van der Waals surface area contributed by atoms with E-state index < -0.39 is 6.10 Å². The summed E-state index contributed by atoms with van der Waals surface area (Å²) in [6, 6.07) is 8.16. The Morgan fingerprint density at radius 2 is 1.89 bits per heavy atom. The fourth-order valence-electron chi connectivity index (χ4n) is 3.19. The van der Waals surface area contributed by atoms with Crippen LogP contribution in [0.2, 0.25) is 0 Å². The number of aromatic nitrogens is 1. The quantitative estimate of drug-likeness (QED) is 0.866. The Labute approximate surface area is 108 Å². The lowest BCUT2D eigenvalue weighted by atomic mass is 9.79. The highest BCUT2D eigenvalue weighted by Gasteiger charge is 2.37. The number of rotatable bonds is 2. The summed E-state index contributed by atoms with van der Waals surface area (Å²) >= 11 is 0. The van der Waals surface area contributed by atoms with Crippen molar-refractivity contribution in [3.8, 4) is 0 Å². The lowest BCUT2D eigenvalue weighted by Gasteiger charge is -2.30. The molecule has 0 bridgehead atoms. The lowest BCUT2D eigenvalue weighted by molar-refractivity contribution is 0.0417. The molecule has 1 aromatic heterocycles. The minimum absolute atomic E-state index is 0.0196. The van der Waals surface area contributed by atoms with Gasteiger partial charge in [-0.05, 0) is 23.6 Å². The van der Waals surface area contributed by atoms with Crippen LogP contribution in [0.5, 0.6) is 0 Å². The Kier molecular flexibility index (Phi) is 2.83. The van der Waals surface area contributed by atoms with Crippen molar-refractivity contribution >= 4 is 10.8 Å². The number of aliphatic hydroxyl groups excluding tert-OH is 1. The first kappa shape index (κ1) is 11.7. The summed E-state index contributed by atoms with van der Waals surface area (Å²) < 4.78 is 0. The second-order valence-electron chi connectivity index (χ2n) is 5.71. The van der Waals surface area contributed by atoms with Gasteiger partial charge < -0.3 is 5.11 Å². The summed E-state index contributed by atoms with van der Waals surface area (Å²) in [5, 5.41) is 13.0. The van der Waals surface area contributed by atoms with E-state index in [2.05, 4.69) is 24.0 Å². The van der Waals surface area contributed by atoms with Gasteiger partial charge >= 0.3 is 0 Å². The number of nitrogens with zero attached hydrogens (tertiary/aromatic N) is 1. The average Bonchev–Trinajstić information content (AvgIpc) is 2.85. The molecule has 1 atom stereocenters. The standard InChI is InChI=1S/C16H19NO/c1-16(8-4-5-9-16)15(18)14-11-17-10-12-6-2-3-7-13(12)14/h2-3,6-7,10-11,15,18H,4-5,8-9H2,1H3. The number of benzene rings is 1. The zero-order valence-corrected chi connectivity index (χ0v) is 10.8. The molecular formula is C16H19NO. The average molecular weight is 241 g/mol. The second kappa shape index (κ2) is 4.36. The summed E-state index contributed by atoms with van der Waals surface area (Å²) in [5.41, 5.74) is 1.00. The van der Waals surface area contributed by atoms with Crippen molar-refractivity contribution in [3.63, 3.8) is 0 Å². The van der Waals surface area contributed by atoms with Crippen LogP contribution >= 0.6 is 0 Å². The number of pyridine rings is 1. The Morgan fingerprint density at radius 1 is 1.17 bits per heavy atom. The molecule has 1 aliphatic carbocycles. The van der Waals surface area contributed by atoms with Crippen LogP contribution in [0.3, 0.4) is 0 Å². The van der Waals surface area contributed by atoms with Gasteiger partial charge in [-0.3, -0.25) is 4.98 Å². The van der Waals surface area contributed by atoms with Gasteiger partial charge in [0.05, 0.1) is 6.10 Å². The monoisotopic (exact) mass is 241 g/mol. The van der Waals surface area contributed by atoms with E-state index >= 15 is 0 Å². The molecule has 2 heteroatoms. The van der Waals surface area contributed by atoms with Crippen molar-refractivity contribution in [1.29, 1.82) is 0 Å². The zero-order chi connectivity index (χ0) is 12.6. The van der Waals surface area contributed by atoms with Gasteiger partial charge in [0.25, 0.3) is 0 Å². The van der Waals surface area contributed by atoms with Crippen LogP contribution in [0.4, 0.5) is 0 Å². The number of hydrogen-bond donors (Lipinski definition) is 1. The van der Waals surface area contributed by atoms with Crippen LogP contribution in [0.25, 0.3) is 10.8 Å². The summed E-state index contributed by atoms with van der Waals surface area (Å²) in [5.74, 6) is 0. The first-order valence-corrected chi connectivity index (χ1v) is 6.71. The van der Waals surface area contributed by atoms with Gasteiger partial charge in [0, 0.05) is 23.3 Å². The van der Waals surface area contributed by atoms with Crippen molar-refractivity contribution in [2.75, 3.05) is 0 Å². The van der Waals surface area contributed by atoms with Gasteiger partial charge in [-0.1, -0.05) is 44.0 Å². The molecule has 94 valence electrons. The zero-order valence-electron chi connectivity index (χ0n) is 10.8. The molecule has 0 spiro atoms. The highest BCUT2D eigenvalue weighted by Crippen LogP contribution is 2.48. The molecule has 1 unspecified atom stereocenters. The van der Waals surface area contributed by atoms with Crippen LogP contribution in [0, 0.1) is 5.41 Å². The Hall–Kier alpha value is -1.41. The third kappa shape index (κ3) is 1.81. The molecule has 2 nitrogen and oxygen atoms in total. The van der Waals surface area contributed by atoms with Gasteiger partial charge in [-0.15, -0.1) is 0 Å². The molecule has 3 rings (SSSR count). The predicted octanol–water partition coefficient (Wildman–Crippen LogP) is 3.85. The SMILES string of the molecule is CC1(C(O)c2cncc3ccccc23)CCCC1. The molecule has 1 aromatic carbocycles. The van der Waals surface area contributed by atoms with Crippen molar-refractivity contribution in [2.45, 2.75) is 38.7 Å². The fourth-order valence-corrected chi connectivity index (χ4v) is 3.19. The molecule has 1 aliphatic rings. The van der Waals surface area contributed by atoms with Gasteiger partial charge in [-0.25, -0.2) is 0 Å². The maximum absolute atomic E-state index is 10.7. The summed E-state index contributed by atoms with van der Waals surface area (Å²) in [4.78, 5) is 4.28. The third-order valence-corrected chi connectivity index (χ3v) is 4.40. The highest BCUT2D eigenvalue weighted by atomic mass is 16.3. The maximum atomic E-state index is 10.7. The van der Waals surface area contributed by atoms with Gasteiger partial charge in [-0.2, -0.15) is 0 Å². The van der Waals surface area contributed by atoms with E-state index in [0.29, 0.717) is 0 Å². The molecule has 18 heavy (non-hydrogen) atoms. The first-order valence-electron chi connectivity index (χ1n) is 6.71.